The lowest BCUT2D eigenvalue weighted by atomic mass is 9.87. The Balaban J connectivity index is 1.83. The Hall–Kier alpha value is -1.42. The second-order valence-electron chi connectivity index (χ2n) is 5.39. The molecule has 1 aliphatic heterocycles. The quantitative estimate of drug-likeness (QED) is 0.909. The van der Waals surface area contributed by atoms with Gasteiger partial charge in [0, 0.05) is 13.1 Å². The first-order valence-corrected chi connectivity index (χ1v) is 6.76. The van der Waals surface area contributed by atoms with Gasteiger partial charge in [-0.25, -0.2) is 4.39 Å². The van der Waals surface area contributed by atoms with Crippen LogP contribution >= 0.6 is 0 Å². The molecule has 2 atom stereocenters. The third-order valence-corrected chi connectivity index (χ3v) is 3.91. The Labute approximate surface area is 113 Å². The second-order valence-corrected chi connectivity index (χ2v) is 5.39. The first-order chi connectivity index (χ1) is 9.06. The van der Waals surface area contributed by atoms with Crippen molar-refractivity contribution in [3.05, 3.63) is 35.6 Å². The highest BCUT2D eigenvalue weighted by atomic mass is 19.1. The number of hydrogen-bond acceptors (Lipinski definition) is 2. The third kappa shape index (κ3) is 3.77. The van der Waals surface area contributed by atoms with E-state index in [1.807, 2.05) is 13.0 Å². The summed E-state index contributed by atoms with van der Waals surface area (Å²) >= 11 is 0. The van der Waals surface area contributed by atoms with E-state index in [-0.39, 0.29) is 17.7 Å². The van der Waals surface area contributed by atoms with E-state index < -0.39 is 5.97 Å². The van der Waals surface area contributed by atoms with Gasteiger partial charge in [-0.2, -0.15) is 0 Å². The first kappa shape index (κ1) is 14.0. The molecule has 2 rings (SSSR count). The Kier molecular flexibility index (Phi) is 4.53. The second kappa shape index (κ2) is 6.15. The average Bonchev–Trinajstić information content (AvgIpc) is 2.36. The van der Waals surface area contributed by atoms with E-state index in [0.717, 1.165) is 31.6 Å². The summed E-state index contributed by atoms with van der Waals surface area (Å²) in [7, 11) is 0. The molecule has 1 aromatic rings. The van der Waals surface area contributed by atoms with Gasteiger partial charge in [-0.05, 0) is 43.0 Å². The fourth-order valence-electron chi connectivity index (χ4n) is 2.78. The molecule has 1 aromatic carbocycles. The van der Waals surface area contributed by atoms with Crippen molar-refractivity contribution in [3.63, 3.8) is 0 Å². The number of carboxylic acid groups (broad SMARTS) is 1. The summed E-state index contributed by atoms with van der Waals surface area (Å²) in [5.41, 5.74) is 0.994. The van der Waals surface area contributed by atoms with E-state index in [0.29, 0.717) is 6.42 Å². The largest absolute Gasteiger partial charge is 0.481 e. The molecule has 104 valence electrons. The predicted octanol–water partition coefficient (Wildman–Crippen LogP) is 2.41. The molecule has 0 spiro atoms. The van der Waals surface area contributed by atoms with E-state index in [1.54, 1.807) is 12.1 Å². The lowest BCUT2D eigenvalue weighted by Crippen LogP contribution is -2.42. The molecule has 0 bridgehead atoms. The molecule has 0 amide bonds. The van der Waals surface area contributed by atoms with Gasteiger partial charge in [0.25, 0.3) is 0 Å². The number of carboxylic acids is 1. The van der Waals surface area contributed by atoms with Crippen LogP contribution in [0.1, 0.15) is 18.9 Å². The van der Waals surface area contributed by atoms with Crippen molar-refractivity contribution in [1.82, 2.24) is 4.90 Å². The normalized spacial score (nSPS) is 24.3. The molecule has 1 saturated heterocycles. The lowest BCUT2D eigenvalue weighted by Gasteiger charge is -2.34. The average molecular weight is 265 g/mol. The van der Waals surface area contributed by atoms with E-state index in [2.05, 4.69) is 4.90 Å². The highest BCUT2D eigenvalue weighted by Gasteiger charge is 2.30. The zero-order valence-electron chi connectivity index (χ0n) is 11.2. The van der Waals surface area contributed by atoms with Crippen molar-refractivity contribution in [2.45, 2.75) is 19.8 Å². The Morgan fingerprint density at radius 2 is 2.32 bits per heavy atom. The molecule has 1 aliphatic rings. The molecule has 0 unspecified atom stereocenters. The van der Waals surface area contributed by atoms with E-state index in [9.17, 15) is 9.18 Å². The number of benzene rings is 1. The van der Waals surface area contributed by atoms with Gasteiger partial charge in [0.05, 0.1) is 5.92 Å². The molecule has 0 aliphatic carbocycles. The van der Waals surface area contributed by atoms with Gasteiger partial charge < -0.3 is 10.0 Å². The summed E-state index contributed by atoms with van der Waals surface area (Å²) in [4.78, 5) is 13.3. The topological polar surface area (TPSA) is 40.5 Å². The lowest BCUT2D eigenvalue weighted by molar-refractivity contribution is -0.145. The van der Waals surface area contributed by atoms with E-state index in [1.165, 1.54) is 6.07 Å². The summed E-state index contributed by atoms with van der Waals surface area (Å²) in [6, 6.07) is 6.66. The molecule has 0 aromatic heterocycles. The number of nitrogens with zero attached hydrogens (tertiary/aromatic N) is 1. The van der Waals surface area contributed by atoms with Crippen LogP contribution in [0, 0.1) is 17.7 Å². The van der Waals surface area contributed by atoms with Crippen LogP contribution in [0.25, 0.3) is 0 Å². The first-order valence-electron chi connectivity index (χ1n) is 6.76. The molecular formula is C15H20FNO2. The van der Waals surface area contributed by atoms with E-state index in [4.69, 9.17) is 5.11 Å². The van der Waals surface area contributed by atoms with Crippen LogP contribution in [-0.2, 0) is 11.2 Å². The minimum atomic E-state index is -0.683. The van der Waals surface area contributed by atoms with Crippen LogP contribution in [-0.4, -0.2) is 35.6 Å². The number of rotatable bonds is 4. The maximum atomic E-state index is 13.1. The van der Waals surface area contributed by atoms with Crippen molar-refractivity contribution in [2.24, 2.45) is 11.8 Å². The number of halogens is 1. The van der Waals surface area contributed by atoms with Gasteiger partial charge >= 0.3 is 5.97 Å². The molecule has 0 saturated carbocycles. The SMILES string of the molecule is C[C@@H]1CN(CCc2cccc(F)c2)CC[C@@H]1C(=O)O. The van der Waals surface area contributed by atoms with Crippen LogP contribution in [0.2, 0.25) is 0 Å². The number of likely N-dealkylation sites (tertiary alicyclic amines) is 1. The monoisotopic (exact) mass is 265 g/mol. The van der Waals surface area contributed by atoms with Crippen LogP contribution in [0.4, 0.5) is 4.39 Å². The van der Waals surface area contributed by atoms with Crippen molar-refractivity contribution < 1.29 is 14.3 Å². The smallest absolute Gasteiger partial charge is 0.306 e. The maximum absolute atomic E-state index is 13.1. The van der Waals surface area contributed by atoms with Gasteiger partial charge in [0.15, 0.2) is 0 Å². The van der Waals surface area contributed by atoms with Crippen molar-refractivity contribution in [3.8, 4) is 0 Å². The maximum Gasteiger partial charge on any atom is 0.306 e. The summed E-state index contributed by atoms with van der Waals surface area (Å²) < 4.78 is 13.1. The summed E-state index contributed by atoms with van der Waals surface area (Å²) in [6.07, 6.45) is 1.52. The van der Waals surface area contributed by atoms with Gasteiger partial charge in [0.1, 0.15) is 5.82 Å². The van der Waals surface area contributed by atoms with Crippen LogP contribution in [0.5, 0.6) is 0 Å². The molecule has 3 nitrogen and oxygen atoms in total. The Morgan fingerprint density at radius 3 is 2.95 bits per heavy atom. The summed E-state index contributed by atoms with van der Waals surface area (Å²) in [5.74, 6) is -0.920. The fraction of sp³-hybridized carbons (Fsp3) is 0.533. The zero-order chi connectivity index (χ0) is 13.8. The van der Waals surface area contributed by atoms with Crippen molar-refractivity contribution in [2.75, 3.05) is 19.6 Å². The molecule has 0 radical (unpaired) electrons. The van der Waals surface area contributed by atoms with Crippen LogP contribution < -0.4 is 0 Å². The summed E-state index contributed by atoms with van der Waals surface area (Å²) in [6.45, 7) is 4.48. The van der Waals surface area contributed by atoms with E-state index >= 15 is 0 Å². The van der Waals surface area contributed by atoms with Crippen LogP contribution in [0.3, 0.4) is 0 Å². The highest BCUT2D eigenvalue weighted by molar-refractivity contribution is 5.70. The molecule has 1 fully saturated rings. The van der Waals surface area contributed by atoms with Gasteiger partial charge in [-0.3, -0.25) is 4.79 Å². The standard InChI is InChI=1S/C15H20FNO2/c1-11-10-17(8-6-14(11)15(18)19)7-5-12-3-2-4-13(16)9-12/h2-4,9,11,14H,5-8,10H2,1H3,(H,18,19)/t11-,14+/m1/s1. The van der Waals surface area contributed by atoms with Crippen LogP contribution in [0.15, 0.2) is 24.3 Å². The molecule has 4 heteroatoms. The molecule has 1 N–H and O–H groups in total. The molecule has 19 heavy (non-hydrogen) atoms. The third-order valence-electron chi connectivity index (χ3n) is 3.91. The molecular weight excluding hydrogens is 245 g/mol. The number of aliphatic carboxylic acids is 1. The highest BCUT2D eigenvalue weighted by Crippen LogP contribution is 2.23. The predicted molar refractivity (Wildman–Crippen MR) is 71.5 cm³/mol. The number of piperidine rings is 1. The van der Waals surface area contributed by atoms with Gasteiger partial charge in [-0.15, -0.1) is 0 Å². The number of hydrogen-bond donors (Lipinski definition) is 1. The van der Waals surface area contributed by atoms with Crippen molar-refractivity contribution >= 4 is 5.97 Å². The van der Waals surface area contributed by atoms with Gasteiger partial charge in [0.2, 0.25) is 0 Å². The van der Waals surface area contributed by atoms with Crippen molar-refractivity contribution in [1.29, 1.82) is 0 Å². The molecule has 1 heterocycles. The summed E-state index contributed by atoms with van der Waals surface area (Å²) in [5, 5.41) is 9.07. The Bertz CT molecular complexity index is 450. The zero-order valence-corrected chi connectivity index (χ0v) is 11.2. The Morgan fingerprint density at radius 1 is 1.53 bits per heavy atom. The minimum absolute atomic E-state index is 0.179. The minimum Gasteiger partial charge on any atom is -0.481 e. The fourth-order valence-corrected chi connectivity index (χ4v) is 2.78. The van der Waals surface area contributed by atoms with Gasteiger partial charge in [-0.1, -0.05) is 19.1 Å². The number of carbonyl (C=O) groups is 1.